The van der Waals surface area contributed by atoms with Crippen molar-refractivity contribution in [2.45, 2.75) is 12.3 Å². The summed E-state index contributed by atoms with van der Waals surface area (Å²) in [5, 5.41) is 2.44. The van der Waals surface area contributed by atoms with Gasteiger partial charge in [0.1, 0.15) is 0 Å². The van der Waals surface area contributed by atoms with Crippen molar-refractivity contribution in [3.8, 4) is 0 Å². The third kappa shape index (κ3) is 3.62. The van der Waals surface area contributed by atoms with Gasteiger partial charge in [-0.05, 0) is 35.4 Å². The lowest BCUT2D eigenvalue weighted by molar-refractivity contribution is 0.0453. The van der Waals surface area contributed by atoms with E-state index in [0.29, 0.717) is 22.3 Å². The zero-order valence-corrected chi connectivity index (χ0v) is 20.1. The maximum Gasteiger partial charge on any atom is 0.350 e. The zero-order chi connectivity index (χ0) is 26.2. The summed E-state index contributed by atoms with van der Waals surface area (Å²) in [5.74, 6) is -1.08. The van der Waals surface area contributed by atoms with Gasteiger partial charge in [0.2, 0.25) is 0 Å². The first-order valence-electron chi connectivity index (χ1n) is 12.1. The molecule has 0 unspecified atom stereocenters. The van der Waals surface area contributed by atoms with E-state index in [-0.39, 0.29) is 0 Å². The standard InChI is InChI=1S/C30H22N4O4/c35-27(23-17-9-3-10-18-23)31-25(21-13-5-1-6-14-21)33-30(38)32(28(36)24-19-11-4-12-20-24)26(34(33)29(31)37)22-15-7-2-8-16-22/h1-20,25-26H/t25-,26-/m0/s1. The van der Waals surface area contributed by atoms with Crippen molar-refractivity contribution in [3.05, 3.63) is 144 Å². The largest absolute Gasteiger partial charge is 0.350 e. The van der Waals surface area contributed by atoms with Crippen LogP contribution in [0.4, 0.5) is 9.59 Å². The van der Waals surface area contributed by atoms with Gasteiger partial charge in [-0.1, -0.05) is 97.1 Å². The number of carbonyl (C=O) groups excluding carboxylic acids is 4. The summed E-state index contributed by atoms with van der Waals surface area (Å²) in [4.78, 5) is 57.8. The summed E-state index contributed by atoms with van der Waals surface area (Å²) < 4.78 is 0. The molecule has 186 valence electrons. The van der Waals surface area contributed by atoms with E-state index in [1.165, 1.54) is 10.0 Å². The van der Waals surface area contributed by atoms with Crippen LogP contribution in [0.3, 0.4) is 0 Å². The number of benzene rings is 4. The minimum Gasteiger partial charge on any atom is -0.268 e. The SMILES string of the molecule is O=C(c1ccccc1)N1C(=O)N2[C@@H](c3ccccc3)N(C(=O)c3ccccc3)C(=O)N2[C@H]1c1ccccc1. The Morgan fingerprint density at radius 3 is 1.05 bits per heavy atom. The third-order valence-corrected chi connectivity index (χ3v) is 6.66. The molecule has 2 aliphatic heterocycles. The zero-order valence-electron chi connectivity index (χ0n) is 20.1. The van der Waals surface area contributed by atoms with E-state index < -0.39 is 36.2 Å². The van der Waals surface area contributed by atoms with E-state index in [1.54, 1.807) is 109 Å². The van der Waals surface area contributed by atoms with Crippen LogP contribution in [0.2, 0.25) is 0 Å². The number of amides is 6. The van der Waals surface area contributed by atoms with E-state index in [4.69, 9.17) is 0 Å². The van der Waals surface area contributed by atoms with Crippen LogP contribution in [-0.2, 0) is 0 Å². The van der Waals surface area contributed by atoms with Gasteiger partial charge in [-0.3, -0.25) is 9.59 Å². The highest BCUT2D eigenvalue weighted by molar-refractivity contribution is 6.10. The van der Waals surface area contributed by atoms with Crippen molar-refractivity contribution in [2.24, 2.45) is 0 Å². The molecule has 0 saturated carbocycles. The monoisotopic (exact) mass is 502 g/mol. The van der Waals surface area contributed by atoms with Crippen LogP contribution in [0, 0.1) is 0 Å². The molecular formula is C30H22N4O4. The van der Waals surface area contributed by atoms with Crippen LogP contribution in [0.15, 0.2) is 121 Å². The van der Waals surface area contributed by atoms with Gasteiger partial charge in [-0.2, -0.15) is 0 Å². The Hall–Kier alpha value is -5.24. The Bertz CT molecular complexity index is 1400. The van der Waals surface area contributed by atoms with E-state index in [2.05, 4.69) is 0 Å². The second-order valence-electron chi connectivity index (χ2n) is 8.91. The number of carbonyl (C=O) groups is 4. The number of urea groups is 2. The molecule has 38 heavy (non-hydrogen) atoms. The minimum atomic E-state index is -1.08. The van der Waals surface area contributed by atoms with Crippen molar-refractivity contribution >= 4 is 23.9 Å². The molecule has 0 aromatic heterocycles. The Morgan fingerprint density at radius 1 is 0.447 bits per heavy atom. The predicted molar refractivity (Wildman–Crippen MR) is 138 cm³/mol. The molecule has 0 spiro atoms. The molecule has 0 N–H and O–H groups in total. The molecule has 2 heterocycles. The van der Waals surface area contributed by atoms with Gasteiger partial charge in [-0.15, -0.1) is 0 Å². The molecule has 4 aromatic carbocycles. The summed E-state index contributed by atoms with van der Waals surface area (Å²) in [6, 6.07) is 33.2. The van der Waals surface area contributed by atoms with Crippen LogP contribution in [0.1, 0.15) is 44.2 Å². The maximum absolute atomic E-state index is 14.1. The molecule has 2 saturated heterocycles. The molecule has 4 aromatic rings. The van der Waals surface area contributed by atoms with Crippen molar-refractivity contribution in [3.63, 3.8) is 0 Å². The van der Waals surface area contributed by atoms with Gasteiger partial charge in [0, 0.05) is 11.1 Å². The van der Waals surface area contributed by atoms with Gasteiger partial charge < -0.3 is 0 Å². The average molecular weight is 503 g/mol. The van der Waals surface area contributed by atoms with Crippen LogP contribution in [-0.4, -0.2) is 43.7 Å². The Kier molecular flexibility index (Phi) is 5.69. The normalized spacial score (nSPS) is 18.6. The number of hydrogen-bond acceptors (Lipinski definition) is 4. The van der Waals surface area contributed by atoms with Gasteiger partial charge in [-0.25, -0.2) is 29.4 Å². The second-order valence-corrected chi connectivity index (χ2v) is 8.91. The first-order chi connectivity index (χ1) is 18.6. The van der Waals surface area contributed by atoms with Crippen molar-refractivity contribution in [1.29, 1.82) is 0 Å². The number of hydrogen-bond donors (Lipinski definition) is 0. The number of rotatable bonds is 4. The molecule has 2 fully saturated rings. The summed E-state index contributed by atoms with van der Waals surface area (Å²) in [6.45, 7) is 0. The molecule has 8 heteroatoms. The quantitative estimate of drug-likeness (QED) is 0.371. The fraction of sp³-hybridized carbons (Fsp3) is 0.0667. The van der Waals surface area contributed by atoms with Crippen LogP contribution < -0.4 is 0 Å². The highest BCUT2D eigenvalue weighted by Crippen LogP contribution is 2.47. The van der Waals surface area contributed by atoms with Crippen LogP contribution >= 0.6 is 0 Å². The van der Waals surface area contributed by atoms with Crippen LogP contribution in [0.25, 0.3) is 0 Å². The smallest absolute Gasteiger partial charge is 0.268 e. The number of hydrazine groups is 1. The summed E-state index contributed by atoms with van der Waals surface area (Å²) >= 11 is 0. The van der Waals surface area contributed by atoms with Crippen LogP contribution in [0.5, 0.6) is 0 Å². The molecule has 0 aliphatic carbocycles. The molecule has 0 bridgehead atoms. The highest BCUT2D eigenvalue weighted by Gasteiger charge is 2.61. The fourth-order valence-corrected chi connectivity index (χ4v) is 4.94. The van der Waals surface area contributed by atoms with Gasteiger partial charge in [0.15, 0.2) is 12.3 Å². The van der Waals surface area contributed by atoms with Crippen molar-refractivity contribution < 1.29 is 19.2 Å². The molecule has 6 rings (SSSR count). The number of fused-ring (bicyclic) bond motifs is 1. The number of nitrogens with zero attached hydrogens (tertiary/aromatic N) is 4. The third-order valence-electron chi connectivity index (χ3n) is 6.66. The predicted octanol–water partition coefficient (Wildman–Crippen LogP) is 5.46. The first kappa shape index (κ1) is 23.2. The second kappa shape index (κ2) is 9.33. The van der Waals surface area contributed by atoms with Crippen molar-refractivity contribution in [2.75, 3.05) is 0 Å². The van der Waals surface area contributed by atoms with Gasteiger partial charge >= 0.3 is 12.1 Å². The highest BCUT2D eigenvalue weighted by atomic mass is 16.2. The maximum atomic E-state index is 14.1. The summed E-state index contributed by atoms with van der Waals surface area (Å²) in [5.41, 5.74) is 1.73. The number of imide groups is 2. The Balaban J connectivity index is 1.52. The summed E-state index contributed by atoms with van der Waals surface area (Å²) in [7, 11) is 0. The van der Waals surface area contributed by atoms with E-state index in [1.807, 2.05) is 12.1 Å². The molecule has 2 atom stereocenters. The molecule has 8 nitrogen and oxygen atoms in total. The van der Waals surface area contributed by atoms with Gasteiger partial charge in [0.05, 0.1) is 0 Å². The lowest BCUT2D eigenvalue weighted by Crippen LogP contribution is -2.44. The van der Waals surface area contributed by atoms with E-state index >= 15 is 0 Å². The minimum absolute atomic E-state index is 0.310. The molecule has 0 radical (unpaired) electrons. The Labute approximate surface area is 218 Å². The molecular weight excluding hydrogens is 480 g/mol. The summed E-state index contributed by atoms with van der Waals surface area (Å²) in [6.07, 6.45) is -2.16. The van der Waals surface area contributed by atoms with Gasteiger partial charge in [0.25, 0.3) is 11.8 Å². The topological polar surface area (TPSA) is 81.2 Å². The Morgan fingerprint density at radius 2 is 0.737 bits per heavy atom. The van der Waals surface area contributed by atoms with E-state index in [0.717, 1.165) is 9.80 Å². The lowest BCUT2D eigenvalue weighted by atomic mass is 10.1. The van der Waals surface area contributed by atoms with Crippen molar-refractivity contribution in [1.82, 2.24) is 19.8 Å². The fourth-order valence-electron chi connectivity index (χ4n) is 4.94. The lowest BCUT2D eigenvalue weighted by Gasteiger charge is -2.27. The van der Waals surface area contributed by atoms with E-state index in [9.17, 15) is 19.2 Å². The average Bonchev–Trinajstić information content (AvgIpc) is 3.45. The molecule has 2 aliphatic rings. The molecule has 6 amide bonds. The first-order valence-corrected chi connectivity index (χ1v) is 12.1.